The number of rotatable bonds is 6. The predicted octanol–water partition coefficient (Wildman–Crippen LogP) is 2.91. The summed E-state index contributed by atoms with van der Waals surface area (Å²) in [6.45, 7) is 7.19. The van der Waals surface area contributed by atoms with E-state index in [9.17, 15) is 9.90 Å². The van der Waals surface area contributed by atoms with Crippen molar-refractivity contribution < 1.29 is 9.90 Å². The second-order valence-electron chi connectivity index (χ2n) is 5.51. The molecule has 0 aliphatic heterocycles. The van der Waals surface area contributed by atoms with Crippen molar-refractivity contribution in [1.29, 1.82) is 0 Å². The summed E-state index contributed by atoms with van der Waals surface area (Å²) in [6, 6.07) is 6.78. The molecule has 0 fully saturated rings. The minimum Gasteiger partial charge on any atom is -0.378 e. The molecule has 0 aliphatic carbocycles. The van der Waals surface area contributed by atoms with Crippen molar-refractivity contribution in [3.8, 4) is 0 Å². The fourth-order valence-corrected chi connectivity index (χ4v) is 2.77. The monoisotopic (exact) mass is 335 g/mol. The Morgan fingerprint density at radius 3 is 2.74 bits per heavy atom. The quantitative estimate of drug-likeness (QED) is 0.853. The van der Waals surface area contributed by atoms with Gasteiger partial charge in [0.15, 0.2) is 6.10 Å². The third kappa shape index (κ3) is 3.92. The fourth-order valence-electron chi connectivity index (χ4n) is 2.53. The van der Waals surface area contributed by atoms with Crippen LogP contribution >= 0.6 is 11.6 Å². The molecule has 2 rings (SSSR count). The summed E-state index contributed by atoms with van der Waals surface area (Å²) in [7, 11) is 0. The summed E-state index contributed by atoms with van der Waals surface area (Å²) in [5.41, 5.74) is 3.32. The molecule has 5 nitrogen and oxygen atoms in total. The number of aliphatic hydroxyl groups is 1. The van der Waals surface area contributed by atoms with Crippen LogP contribution in [0.5, 0.6) is 0 Å². The first-order chi connectivity index (χ1) is 11.0. The summed E-state index contributed by atoms with van der Waals surface area (Å²) < 4.78 is 1.95. The number of amides is 1. The fraction of sp³-hybridized carbons (Fsp3) is 0.412. The maximum atomic E-state index is 12.2. The van der Waals surface area contributed by atoms with Gasteiger partial charge in [-0.3, -0.25) is 9.48 Å². The zero-order valence-corrected chi connectivity index (χ0v) is 14.4. The Morgan fingerprint density at radius 2 is 2.09 bits per heavy atom. The Bertz CT molecular complexity index is 697. The molecule has 0 bridgehead atoms. The summed E-state index contributed by atoms with van der Waals surface area (Å²) in [5.74, 6) is -0.472. The van der Waals surface area contributed by atoms with Crippen LogP contribution in [0.3, 0.4) is 0 Å². The zero-order chi connectivity index (χ0) is 17.0. The van der Waals surface area contributed by atoms with E-state index in [1.165, 1.54) is 0 Å². The highest BCUT2D eigenvalue weighted by atomic mass is 35.5. The third-order valence-electron chi connectivity index (χ3n) is 3.85. The first-order valence-corrected chi connectivity index (χ1v) is 8.06. The lowest BCUT2D eigenvalue weighted by Crippen LogP contribution is -2.29. The van der Waals surface area contributed by atoms with Crippen molar-refractivity contribution in [3.63, 3.8) is 0 Å². The molecule has 1 heterocycles. The molecule has 1 aromatic carbocycles. The number of carbonyl (C=O) groups excluding carboxylic acids is 1. The maximum Gasteiger partial charge on any atom is 0.253 e. The van der Waals surface area contributed by atoms with Crippen LogP contribution in [0, 0.1) is 13.8 Å². The first kappa shape index (κ1) is 17.5. The predicted molar refractivity (Wildman–Crippen MR) is 90.3 cm³/mol. The highest BCUT2D eigenvalue weighted by molar-refractivity contribution is 6.31. The van der Waals surface area contributed by atoms with Crippen molar-refractivity contribution in [2.24, 2.45) is 0 Å². The molecule has 0 radical (unpaired) electrons. The van der Waals surface area contributed by atoms with Gasteiger partial charge in [-0.15, -0.1) is 0 Å². The van der Waals surface area contributed by atoms with Gasteiger partial charge in [0.1, 0.15) is 0 Å². The van der Waals surface area contributed by atoms with Gasteiger partial charge in [-0.1, -0.05) is 36.7 Å². The van der Waals surface area contributed by atoms with Crippen LogP contribution in [0.4, 0.5) is 0 Å². The molecule has 0 saturated heterocycles. The molecule has 6 heteroatoms. The van der Waals surface area contributed by atoms with Crippen LogP contribution in [0.1, 0.15) is 42.0 Å². The largest absolute Gasteiger partial charge is 0.378 e. The van der Waals surface area contributed by atoms with Crippen molar-refractivity contribution in [3.05, 3.63) is 51.8 Å². The number of halogens is 1. The standard InChI is InChI=1S/C17H22ClN3O2/c1-4-9-21-12(3)14(11(2)20-21)10-19-17(23)16(22)13-7-5-6-8-15(13)18/h5-8,16,22H,4,9-10H2,1-3H3,(H,19,23)/t16-/m1/s1. The van der Waals surface area contributed by atoms with Gasteiger partial charge in [0.05, 0.1) is 5.69 Å². The van der Waals surface area contributed by atoms with Gasteiger partial charge in [-0.25, -0.2) is 0 Å². The van der Waals surface area contributed by atoms with E-state index in [-0.39, 0.29) is 0 Å². The number of benzene rings is 1. The number of hydrogen-bond donors (Lipinski definition) is 2. The molecule has 124 valence electrons. The van der Waals surface area contributed by atoms with Crippen LogP contribution in [-0.4, -0.2) is 20.8 Å². The number of hydrogen-bond acceptors (Lipinski definition) is 3. The topological polar surface area (TPSA) is 67.2 Å². The second-order valence-corrected chi connectivity index (χ2v) is 5.92. The van der Waals surface area contributed by atoms with Crippen LogP contribution < -0.4 is 5.32 Å². The first-order valence-electron chi connectivity index (χ1n) is 7.68. The summed E-state index contributed by atoms with van der Waals surface area (Å²) >= 11 is 6.02. The molecule has 2 aromatic rings. The van der Waals surface area contributed by atoms with Gasteiger partial charge >= 0.3 is 0 Å². The molecule has 1 amide bonds. The molecule has 1 atom stereocenters. The number of nitrogens with zero attached hydrogens (tertiary/aromatic N) is 2. The molecule has 0 spiro atoms. The van der Waals surface area contributed by atoms with E-state index in [1.54, 1.807) is 24.3 Å². The average molecular weight is 336 g/mol. The lowest BCUT2D eigenvalue weighted by Gasteiger charge is -2.13. The van der Waals surface area contributed by atoms with E-state index in [4.69, 9.17) is 11.6 Å². The number of nitrogens with one attached hydrogen (secondary N) is 1. The van der Waals surface area contributed by atoms with Crippen LogP contribution in [0.2, 0.25) is 5.02 Å². The van der Waals surface area contributed by atoms with E-state index >= 15 is 0 Å². The average Bonchev–Trinajstić information content (AvgIpc) is 2.79. The van der Waals surface area contributed by atoms with Crippen LogP contribution in [0.15, 0.2) is 24.3 Å². The lowest BCUT2D eigenvalue weighted by molar-refractivity contribution is -0.129. The van der Waals surface area contributed by atoms with Crippen molar-refractivity contribution in [2.45, 2.75) is 46.4 Å². The van der Waals surface area contributed by atoms with E-state index < -0.39 is 12.0 Å². The van der Waals surface area contributed by atoms with Gasteiger partial charge in [-0.05, 0) is 26.3 Å². The Hall–Kier alpha value is -1.85. The number of aromatic nitrogens is 2. The van der Waals surface area contributed by atoms with Crippen LogP contribution in [-0.2, 0) is 17.9 Å². The Kier molecular flexibility index (Phi) is 5.80. The van der Waals surface area contributed by atoms with Gasteiger partial charge < -0.3 is 10.4 Å². The molecule has 0 unspecified atom stereocenters. The Balaban J connectivity index is 2.06. The van der Waals surface area contributed by atoms with Crippen molar-refractivity contribution in [1.82, 2.24) is 15.1 Å². The molecule has 1 aromatic heterocycles. The maximum absolute atomic E-state index is 12.2. The number of aryl methyl sites for hydroxylation is 2. The zero-order valence-electron chi connectivity index (χ0n) is 13.6. The molecule has 0 saturated carbocycles. The highest BCUT2D eigenvalue weighted by Gasteiger charge is 2.20. The highest BCUT2D eigenvalue weighted by Crippen LogP contribution is 2.23. The van der Waals surface area contributed by atoms with Crippen LogP contribution in [0.25, 0.3) is 0 Å². The molecule has 23 heavy (non-hydrogen) atoms. The smallest absolute Gasteiger partial charge is 0.253 e. The van der Waals surface area contributed by atoms with E-state index in [0.717, 1.165) is 29.9 Å². The number of carbonyl (C=O) groups is 1. The lowest BCUT2D eigenvalue weighted by atomic mass is 10.1. The van der Waals surface area contributed by atoms with E-state index in [2.05, 4.69) is 17.3 Å². The van der Waals surface area contributed by atoms with Gasteiger partial charge in [0.2, 0.25) is 0 Å². The van der Waals surface area contributed by atoms with Crippen molar-refractivity contribution >= 4 is 17.5 Å². The summed E-state index contributed by atoms with van der Waals surface area (Å²) in [5, 5.41) is 17.8. The van der Waals surface area contributed by atoms with Gasteiger partial charge in [0.25, 0.3) is 5.91 Å². The van der Waals surface area contributed by atoms with Gasteiger partial charge in [0, 0.05) is 34.9 Å². The Labute approximate surface area is 141 Å². The summed E-state index contributed by atoms with van der Waals surface area (Å²) in [4.78, 5) is 12.2. The van der Waals surface area contributed by atoms with Gasteiger partial charge in [-0.2, -0.15) is 5.10 Å². The molecular formula is C17H22ClN3O2. The minimum absolute atomic E-state index is 0.335. The minimum atomic E-state index is -1.28. The Morgan fingerprint density at radius 1 is 1.39 bits per heavy atom. The molecule has 0 aliphatic rings. The van der Waals surface area contributed by atoms with E-state index in [1.807, 2.05) is 18.5 Å². The molecular weight excluding hydrogens is 314 g/mol. The molecule has 2 N–H and O–H groups in total. The normalized spacial score (nSPS) is 12.2. The second kappa shape index (κ2) is 7.62. The van der Waals surface area contributed by atoms with Crippen molar-refractivity contribution in [2.75, 3.05) is 0 Å². The SMILES string of the molecule is CCCn1nc(C)c(CNC(=O)[C@H](O)c2ccccc2Cl)c1C. The third-order valence-corrected chi connectivity index (χ3v) is 4.20. The summed E-state index contributed by atoms with van der Waals surface area (Å²) in [6.07, 6.45) is -0.283. The van der Waals surface area contributed by atoms with E-state index in [0.29, 0.717) is 17.1 Å². The number of aliphatic hydroxyl groups excluding tert-OH is 1.